The number of aliphatic hydroxyl groups excluding tert-OH is 1. The number of amides is 1. The molecule has 1 N–H and O–H groups in total. The van der Waals surface area contributed by atoms with E-state index in [1.165, 1.54) is 33.6 Å². The van der Waals surface area contributed by atoms with Crippen LogP contribution in [-0.4, -0.2) is 33.6 Å². The van der Waals surface area contributed by atoms with Crippen LogP contribution in [0.4, 0.5) is 5.13 Å². The zero-order valence-corrected chi connectivity index (χ0v) is 24.2. The number of anilines is 1. The predicted octanol–water partition coefficient (Wildman–Crippen LogP) is 7.21. The van der Waals surface area contributed by atoms with E-state index in [1.807, 2.05) is 13.8 Å². The quantitative estimate of drug-likeness (QED) is 0.0723. The van der Waals surface area contributed by atoms with Gasteiger partial charge in [-0.1, -0.05) is 83.6 Å². The lowest BCUT2D eigenvalue weighted by molar-refractivity contribution is -0.132. The number of hydrogen-bond acceptors (Lipinski definition) is 8. The Labute approximate surface area is 245 Å². The largest absolute Gasteiger partial charge is 0.507 e. The van der Waals surface area contributed by atoms with Crippen molar-refractivity contribution in [2.24, 2.45) is 0 Å². The Morgan fingerprint density at radius 2 is 1.73 bits per heavy atom. The fourth-order valence-electron chi connectivity index (χ4n) is 4.26. The molecular weight excluding hydrogens is 566 g/mol. The average Bonchev–Trinajstić information content (AvgIpc) is 3.54. The Morgan fingerprint density at radius 3 is 2.40 bits per heavy atom. The molecule has 4 aromatic rings. The molecule has 1 atom stereocenters. The summed E-state index contributed by atoms with van der Waals surface area (Å²) in [5.41, 5.74) is 3.30. The fraction of sp³-hybridized carbons (Fsp3) is 0.200. The van der Waals surface area contributed by atoms with Crippen LogP contribution in [0, 0.1) is 6.92 Å². The minimum atomic E-state index is -0.904. The third kappa shape index (κ3) is 5.91. The van der Waals surface area contributed by atoms with Crippen LogP contribution >= 0.6 is 34.7 Å². The fourth-order valence-corrected chi connectivity index (χ4v) is 6.21. The van der Waals surface area contributed by atoms with Gasteiger partial charge in [-0.2, -0.15) is 0 Å². The molecule has 2 heterocycles. The number of aromatic nitrogens is 2. The van der Waals surface area contributed by atoms with Crippen LogP contribution in [0.25, 0.3) is 5.76 Å². The summed E-state index contributed by atoms with van der Waals surface area (Å²) in [5, 5.41) is 20.6. The number of ketones is 1. The van der Waals surface area contributed by atoms with Gasteiger partial charge in [-0.25, -0.2) is 0 Å². The molecule has 1 aliphatic rings. The van der Waals surface area contributed by atoms with Gasteiger partial charge in [-0.15, -0.1) is 10.2 Å². The molecule has 5 rings (SSSR count). The third-order valence-electron chi connectivity index (χ3n) is 6.32. The van der Waals surface area contributed by atoms with E-state index in [2.05, 4.69) is 34.5 Å². The predicted molar refractivity (Wildman–Crippen MR) is 159 cm³/mol. The average molecular weight is 592 g/mol. The van der Waals surface area contributed by atoms with E-state index >= 15 is 0 Å². The van der Waals surface area contributed by atoms with Crippen LogP contribution < -0.4 is 9.64 Å². The Kier molecular flexibility index (Phi) is 8.54. The number of thioether (sulfide) groups is 1. The number of aliphatic hydroxyl groups is 1. The van der Waals surface area contributed by atoms with Gasteiger partial charge in [0.05, 0.1) is 18.2 Å². The smallest absolute Gasteiger partial charge is 0.301 e. The monoisotopic (exact) mass is 591 g/mol. The molecule has 10 heteroatoms. The van der Waals surface area contributed by atoms with E-state index in [4.69, 9.17) is 16.3 Å². The first kappa shape index (κ1) is 27.9. The number of halogens is 1. The van der Waals surface area contributed by atoms with Crippen LogP contribution in [0.3, 0.4) is 0 Å². The lowest BCUT2D eigenvalue weighted by Gasteiger charge is -2.22. The number of hydrogen-bond donors (Lipinski definition) is 1. The molecule has 40 heavy (non-hydrogen) atoms. The van der Waals surface area contributed by atoms with Crippen molar-refractivity contribution in [3.8, 4) is 5.75 Å². The van der Waals surface area contributed by atoms with E-state index in [9.17, 15) is 14.7 Å². The molecule has 1 aliphatic heterocycles. The van der Waals surface area contributed by atoms with Gasteiger partial charge in [-0.3, -0.25) is 14.5 Å². The second kappa shape index (κ2) is 12.2. The highest BCUT2D eigenvalue weighted by atomic mass is 35.5. The van der Waals surface area contributed by atoms with Crippen molar-refractivity contribution in [3.05, 3.63) is 106 Å². The van der Waals surface area contributed by atoms with Crippen LogP contribution in [0.2, 0.25) is 5.02 Å². The summed E-state index contributed by atoms with van der Waals surface area (Å²) in [6.45, 7) is 4.63. The van der Waals surface area contributed by atoms with Gasteiger partial charge in [0.25, 0.3) is 5.78 Å². The molecule has 3 aromatic carbocycles. The summed E-state index contributed by atoms with van der Waals surface area (Å²) in [6.07, 6.45) is 0.865. The minimum Gasteiger partial charge on any atom is -0.507 e. The maximum absolute atomic E-state index is 13.4. The molecule has 1 saturated heterocycles. The number of rotatable bonds is 9. The summed E-state index contributed by atoms with van der Waals surface area (Å²) in [5.74, 6) is -0.503. The van der Waals surface area contributed by atoms with Gasteiger partial charge in [0, 0.05) is 16.3 Å². The van der Waals surface area contributed by atoms with Gasteiger partial charge in [0.2, 0.25) is 5.13 Å². The summed E-state index contributed by atoms with van der Waals surface area (Å²) >= 11 is 8.76. The lowest BCUT2D eigenvalue weighted by Crippen LogP contribution is -2.29. The molecule has 0 aliphatic carbocycles. The Bertz CT molecular complexity index is 1550. The number of ether oxygens (including phenoxy) is 1. The lowest BCUT2D eigenvalue weighted by atomic mass is 9.95. The summed E-state index contributed by atoms with van der Waals surface area (Å²) in [7, 11) is 0. The number of Topliss-reactive ketones (excluding diaryl/α,β-unsaturated/α-hetero) is 1. The van der Waals surface area contributed by atoms with Crippen molar-refractivity contribution in [3.63, 3.8) is 0 Å². The zero-order chi connectivity index (χ0) is 28.2. The summed E-state index contributed by atoms with van der Waals surface area (Å²) in [4.78, 5) is 28.2. The first-order valence-electron chi connectivity index (χ1n) is 12.7. The maximum atomic E-state index is 13.4. The minimum absolute atomic E-state index is 0.0291. The summed E-state index contributed by atoms with van der Waals surface area (Å²) in [6, 6.07) is 20.9. The maximum Gasteiger partial charge on any atom is 0.301 e. The van der Waals surface area contributed by atoms with Crippen LogP contribution in [-0.2, 0) is 15.3 Å². The highest BCUT2D eigenvalue weighted by molar-refractivity contribution is 8.00. The van der Waals surface area contributed by atoms with Crippen molar-refractivity contribution < 1.29 is 19.4 Å². The number of nitrogens with zero attached hydrogens (tertiary/aromatic N) is 3. The van der Waals surface area contributed by atoms with E-state index in [-0.39, 0.29) is 16.5 Å². The SMILES string of the molecule is CCCOc1ccc(C2/C(=C(/O)c3ccc(Cl)cc3)C(=O)C(=O)N2c2nnc(SCc3ccc(C)cc3)s2)cc1. The molecule has 0 spiro atoms. The first-order chi connectivity index (χ1) is 19.4. The molecular formula is C30H26ClN3O4S2. The van der Waals surface area contributed by atoms with Gasteiger partial charge in [0.1, 0.15) is 11.5 Å². The van der Waals surface area contributed by atoms with Crippen molar-refractivity contribution in [2.45, 2.75) is 36.4 Å². The number of aryl methyl sites for hydroxylation is 1. The third-order valence-corrected chi connectivity index (χ3v) is 8.69. The number of carbonyl (C=O) groups excluding carboxylic acids is 2. The molecule has 7 nitrogen and oxygen atoms in total. The highest BCUT2D eigenvalue weighted by Crippen LogP contribution is 2.44. The molecule has 204 valence electrons. The van der Waals surface area contributed by atoms with Gasteiger partial charge in [-0.05, 0) is 60.9 Å². The molecule has 0 saturated carbocycles. The first-order valence-corrected chi connectivity index (χ1v) is 14.8. The van der Waals surface area contributed by atoms with E-state index in [0.29, 0.717) is 38.6 Å². The molecule has 1 fully saturated rings. The Hall–Kier alpha value is -3.66. The van der Waals surface area contributed by atoms with Crippen molar-refractivity contribution in [1.29, 1.82) is 0 Å². The summed E-state index contributed by atoms with van der Waals surface area (Å²) < 4.78 is 6.37. The van der Waals surface area contributed by atoms with E-state index in [1.54, 1.807) is 48.5 Å². The zero-order valence-electron chi connectivity index (χ0n) is 21.8. The van der Waals surface area contributed by atoms with E-state index in [0.717, 1.165) is 12.0 Å². The normalized spacial score (nSPS) is 16.5. The molecule has 0 radical (unpaired) electrons. The van der Waals surface area contributed by atoms with Crippen LogP contribution in [0.15, 0.2) is 82.7 Å². The second-order valence-corrected chi connectivity index (χ2v) is 11.8. The standard InChI is InChI=1S/C30H26ClN3O4S2/c1-3-16-38-23-14-10-20(11-15-23)25-24(26(35)21-8-12-22(31)13-9-21)27(36)28(37)34(25)29-32-33-30(40-29)39-17-19-6-4-18(2)5-7-19/h4-15,25,35H,3,16-17H2,1-2H3/b26-24-. The van der Waals surface area contributed by atoms with Crippen LogP contribution in [0.5, 0.6) is 5.75 Å². The number of carbonyl (C=O) groups is 2. The topological polar surface area (TPSA) is 92.6 Å². The van der Waals surface area contributed by atoms with Gasteiger partial charge < -0.3 is 9.84 Å². The van der Waals surface area contributed by atoms with Gasteiger partial charge >= 0.3 is 5.91 Å². The molecule has 0 bridgehead atoms. The highest BCUT2D eigenvalue weighted by Gasteiger charge is 2.48. The van der Waals surface area contributed by atoms with Crippen molar-refractivity contribution in [1.82, 2.24) is 10.2 Å². The molecule has 1 amide bonds. The van der Waals surface area contributed by atoms with Crippen molar-refractivity contribution in [2.75, 3.05) is 11.5 Å². The molecule has 1 aromatic heterocycles. The van der Waals surface area contributed by atoms with Crippen molar-refractivity contribution >= 4 is 57.3 Å². The van der Waals surface area contributed by atoms with Gasteiger partial charge in [0.15, 0.2) is 4.34 Å². The Balaban J connectivity index is 1.51. The Morgan fingerprint density at radius 1 is 1.02 bits per heavy atom. The molecule has 1 unspecified atom stereocenters. The van der Waals surface area contributed by atoms with E-state index < -0.39 is 17.7 Å². The number of benzene rings is 3. The second-order valence-electron chi connectivity index (χ2n) is 9.22. The van der Waals surface area contributed by atoms with Crippen LogP contribution in [0.1, 0.15) is 41.6 Å².